The summed E-state index contributed by atoms with van der Waals surface area (Å²) >= 11 is 0. The largest absolute Gasteiger partial charge is 0.306 e. The van der Waals surface area contributed by atoms with E-state index in [-0.39, 0.29) is 16.7 Å². The van der Waals surface area contributed by atoms with Gasteiger partial charge < -0.3 is 9.80 Å². The van der Waals surface area contributed by atoms with Crippen LogP contribution in [0.15, 0.2) is 176 Å². The van der Waals surface area contributed by atoms with Gasteiger partial charge in [-0.25, -0.2) is 0 Å². The number of hydrogen-bond acceptors (Lipinski definition) is 2. The van der Waals surface area contributed by atoms with Gasteiger partial charge in [-0.2, -0.15) is 0 Å². The molecule has 6 aromatic carbocycles. The predicted molar refractivity (Wildman–Crippen MR) is 205 cm³/mol. The molecule has 0 spiro atoms. The van der Waals surface area contributed by atoms with E-state index in [4.69, 9.17) is 0 Å². The van der Waals surface area contributed by atoms with Crippen LogP contribution in [-0.4, -0.2) is 0 Å². The average Bonchev–Trinajstić information content (AvgIpc) is 3.44. The van der Waals surface area contributed by atoms with Crippen LogP contribution >= 0.6 is 0 Å². The maximum absolute atomic E-state index is 2.50. The molecule has 0 radical (unpaired) electrons. The second kappa shape index (κ2) is 11.2. The van der Waals surface area contributed by atoms with Crippen molar-refractivity contribution in [3.8, 4) is 0 Å². The summed E-state index contributed by atoms with van der Waals surface area (Å²) in [5.41, 5.74) is 13.5. The molecular weight excluding hydrogens is 593 g/mol. The molecule has 3 aliphatic rings. The topological polar surface area (TPSA) is 6.48 Å². The van der Waals surface area contributed by atoms with Crippen LogP contribution in [0, 0.1) is 5.92 Å². The summed E-state index contributed by atoms with van der Waals surface area (Å²) in [5, 5.41) is 0. The van der Waals surface area contributed by atoms with E-state index in [1.165, 1.54) is 56.3 Å². The van der Waals surface area contributed by atoms with Gasteiger partial charge in [-0.05, 0) is 81.8 Å². The fourth-order valence-corrected chi connectivity index (χ4v) is 8.69. The zero-order valence-corrected chi connectivity index (χ0v) is 28.3. The molecule has 2 unspecified atom stereocenters. The standard InChI is InChI=1S/C47H40N2/c1-46(2,3)33-26-28-36(29-27-33)48-42-22-12-14-24-44(42)49(45-25-15-13-23-43(45)48)37-30-31-39-38-20-10-11-21-40(38)47(41(39)32-37,34-16-6-4-7-17-34)35-18-8-5-9-19-35/h4-32,38,40H,1-3H3. The highest BCUT2D eigenvalue weighted by atomic mass is 15.3. The summed E-state index contributed by atoms with van der Waals surface area (Å²) in [5.74, 6) is 0.557. The average molecular weight is 633 g/mol. The first-order valence-electron chi connectivity index (χ1n) is 17.5. The molecule has 0 fully saturated rings. The van der Waals surface area contributed by atoms with Gasteiger partial charge in [-0.15, -0.1) is 0 Å². The van der Waals surface area contributed by atoms with Crippen LogP contribution in [-0.2, 0) is 10.8 Å². The van der Waals surface area contributed by atoms with Crippen molar-refractivity contribution in [3.63, 3.8) is 0 Å². The van der Waals surface area contributed by atoms with E-state index in [1.807, 2.05) is 0 Å². The Kier molecular flexibility index (Phi) is 6.78. The molecule has 2 nitrogen and oxygen atoms in total. The molecule has 0 N–H and O–H groups in total. The highest BCUT2D eigenvalue weighted by Gasteiger charge is 2.53. The predicted octanol–water partition coefficient (Wildman–Crippen LogP) is 12.4. The van der Waals surface area contributed by atoms with Crippen molar-refractivity contribution in [1.29, 1.82) is 0 Å². The first-order valence-corrected chi connectivity index (χ1v) is 17.5. The van der Waals surface area contributed by atoms with Gasteiger partial charge in [0.1, 0.15) is 0 Å². The molecule has 2 aliphatic carbocycles. The normalized spacial score (nSPS) is 18.4. The van der Waals surface area contributed by atoms with Gasteiger partial charge in [0.15, 0.2) is 0 Å². The van der Waals surface area contributed by atoms with E-state index in [0.717, 1.165) is 5.69 Å². The molecule has 2 heteroatoms. The summed E-state index contributed by atoms with van der Waals surface area (Å²) in [6, 6.07) is 56.4. The minimum atomic E-state index is -0.338. The molecule has 6 aromatic rings. The highest BCUT2D eigenvalue weighted by Crippen LogP contribution is 2.61. The smallest absolute Gasteiger partial charge is 0.0703 e. The lowest BCUT2D eigenvalue weighted by molar-refractivity contribution is 0.457. The van der Waals surface area contributed by atoms with Gasteiger partial charge in [0.2, 0.25) is 0 Å². The lowest BCUT2D eigenvalue weighted by Crippen LogP contribution is -2.35. The number of hydrogen-bond donors (Lipinski definition) is 0. The summed E-state index contributed by atoms with van der Waals surface area (Å²) < 4.78 is 0. The van der Waals surface area contributed by atoms with Crippen LogP contribution < -0.4 is 9.80 Å². The molecule has 9 rings (SSSR count). The molecule has 0 amide bonds. The number of rotatable bonds is 4. The second-order valence-corrected chi connectivity index (χ2v) is 14.6. The van der Waals surface area contributed by atoms with Gasteiger partial charge in [0, 0.05) is 23.2 Å². The number of nitrogens with zero attached hydrogens (tertiary/aromatic N) is 2. The zero-order valence-electron chi connectivity index (χ0n) is 28.3. The third-order valence-corrected chi connectivity index (χ3v) is 10.9. The monoisotopic (exact) mass is 632 g/mol. The highest BCUT2D eigenvalue weighted by molar-refractivity contribution is 6.01. The Bertz CT molecular complexity index is 2130. The molecule has 0 aromatic heterocycles. The van der Waals surface area contributed by atoms with Crippen LogP contribution in [0.5, 0.6) is 0 Å². The fraction of sp³-hybridized carbons (Fsp3) is 0.149. The van der Waals surface area contributed by atoms with Crippen molar-refractivity contribution in [3.05, 3.63) is 204 Å². The molecule has 0 bridgehead atoms. The fourth-order valence-electron chi connectivity index (χ4n) is 8.69. The van der Waals surface area contributed by atoms with Gasteiger partial charge >= 0.3 is 0 Å². The maximum Gasteiger partial charge on any atom is 0.0703 e. The van der Waals surface area contributed by atoms with E-state index in [9.17, 15) is 0 Å². The minimum absolute atomic E-state index is 0.0957. The zero-order chi connectivity index (χ0) is 33.2. The van der Waals surface area contributed by atoms with Crippen molar-refractivity contribution < 1.29 is 0 Å². The lowest BCUT2D eigenvalue weighted by atomic mass is 9.63. The molecule has 0 saturated carbocycles. The quantitative estimate of drug-likeness (QED) is 0.190. The van der Waals surface area contributed by atoms with Crippen molar-refractivity contribution in [1.82, 2.24) is 0 Å². The Hall–Kier alpha value is -5.60. The molecule has 238 valence electrons. The van der Waals surface area contributed by atoms with Gasteiger partial charge in [-0.3, -0.25) is 0 Å². The Morgan fingerprint density at radius 2 is 0.959 bits per heavy atom. The van der Waals surface area contributed by atoms with Gasteiger partial charge in [0.25, 0.3) is 0 Å². The lowest BCUT2D eigenvalue weighted by Gasteiger charge is -2.41. The first-order chi connectivity index (χ1) is 24.0. The Morgan fingerprint density at radius 1 is 0.490 bits per heavy atom. The van der Waals surface area contributed by atoms with Gasteiger partial charge in [0.05, 0.1) is 28.2 Å². The van der Waals surface area contributed by atoms with Crippen molar-refractivity contribution in [2.75, 3.05) is 9.80 Å². The number of anilines is 6. The van der Waals surface area contributed by atoms with E-state index in [1.54, 1.807) is 0 Å². The Morgan fingerprint density at radius 3 is 1.49 bits per heavy atom. The number of para-hydroxylation sites is 4. The van der Waals surface area contributed by atoms with E-state index < -0.39 is 0 Å². The van der Waals surface area contributed by atoms with Crippen LogP contribution in [0.1, 0.15) is 54.5 Å². The van der Waals surface area contributed by atoms with Crippen LogP contribution in [0.3, 0.4) is 0 Å². The Balaban J connectivity index is 1.27. The number of allylic oxidation sites excluding steroid dienone is 4. The molecular formula is C47H40N2. The third kappa shape index (κ3) is 4.47. The van der Waals surface area contributed by atoms with Crippen LogP contribution in [0.25, 0.3) is 0 Å². The minimum Gasteiger partial charge on any atom is -0.306 e. The van der Waals surface area contributed by atoms with Crippen molar-refractivity contribution in [2.45, 2.75) is 37.5 Å². The number of fused-ring (bicyclic) bond motifs is 5. The van der Waals surface area contributed by atoms with E-state index in [2.05, 4.69) is 207 Å². The maximum atomic E-state index is 2.50. The second-order valence-electron chi connectivity index (χ2n) is 14.6. The molecule has 2 atom stereocenters. The summed E-state index contributed by atoms with van der Waals surface area (Å²) in [6.45, 7) is 6.81. The summed E-state index contributed by atoms with van der Waals surface area (Å²) in [6.07, 6.45) is 9.32. The molecule has 1 aliphatic heterocycles. The SMILES string of the molecule is CC(C)(C)c1ccc(N2c3ccccc3N(c3ccc4c(c3)C(c3ccccc3)(c3ccccc3)C3C=CC=CC43)c3ccccc32)cc1. The summed E-state index contributed by atoms with van der Waals surface area (Å²) in [7, 11) is 0. The van der Waals surface area contributed by atoms with E-state index >= 15 is 0 Å². The Labute approximate surface area is 290 Å². The van der Waals surface area contributed by atoms with Crippen LogP contribution in [0.2, 0.25) is 0 Å². The summed E-state index contributed by atoms with van der Waals surface area (Å²) in [4.78, 5) is 4.89. The van der Waals surface area contributed by atoms with Crippen molar-refractivity contribution in [2.24, 2.45) is 5.92 Å². The van der Waals surface area contributed by atoms with Crippen LogP contribution in [0.4, 0.5) is 34.1 Å². The molecule has 49 heavy (non-hydrogen) atoms. The molecule has 1 heterocycles. The molecule has 0 saturated heterocycles. The third-order valence-electron chi connectivity index (χ3n) is 10.9. The van der Waals surface area contributed by atoms with Gasteiger partial charge in [-0.1, -0.05) is 148 Å². The van der Waals surface area contributed by atoms with E-state index in [0.29, 0.717) is 5.92 Å². The number of benzene rings is 6. The van der Waals surface area contributed by atoms with Crippen molar-refractivity contribution >= 4 is 34.1 Å². The first kappa shape index (κ1) is 29.5.